The number of nitrogens with zero attached hydrogens (tertiary/aromatic N) is 4. The van der Waals surface area contributed by atoms with Gasteiger partial charge in [0.15, 0.2) is 0 Å². The van der Waals surface area contributed by atoms with Crippen LogP contribution in [0.25, 0.3) is 0 Å². The Kier molecular flexibility index (Phi) is 3.93. The number of anilines is 1. The van der Waals surface area contributed by atoms with Crippen LogP contribution in [0.1, 0.15) is 30.0 Å². The smallest absolute Gasteiger partial charge is 0.227 e. The molecule has 0 bridgehead atoms. The fraction of sp³-hybridized carbons (Fsp3) is 0.500. The predicted octanol–water partition coefficient (Wildman–Crippen LogP) is 2.04. The molecule has 5 rings (SSSR count). The molecule has 4 heterocycles. The number of hydrogen-bond donors (Lipinski definition) is 0. The average molecular weight is 352 g/mol. The van der Waals surface area contributed by atoms with Crippen LogP contribution in [0.4, 0.5) is 5.69 Å². The maximum Gasteiger partial charge on any atom is 0.227 e. The number of likely N-dealkylation sites (tertiary alicyclic amines) is 1. The fourth-order valence-corrected chi connectivity index (χ4v) is 4.16. The first-order chi connectivity index (χ1) is 12.8. The third kappa shape index (κ3) is 2.88. The minimum atomic E-state index is 0.222. The number of carbonyl (C=O) groups is 1. The highest BCUT2D eigenvalue weighted by atomic mass is 16.5. The highest BCUT2D eigenvalue weighted by molar-refractivity contribution is 5.95. The molecule has 2 saturated heterocycles. The lowest BCUT2D eigenvalue weighted by Gasteiger charge is -2.39. The monoisotopic (exact) mass is 352 g/mol. The van der Waals surface area contributed by atoms with Crippen LogP contribution in [0.2, 0.25) is 0 Å². The number of rotatable bonds is 5. The van der Waals surface area contributed by atoms with Crippen LogP contribution in [0.15, 0.2) is 30.6 Å². The van der Waals surface area contributed by atoms with Crippen molar-refractivity contribution in [3.8, 4) is 5.75 Å². The molecule has 2 fully saturated rings. The lowest BCUT2D eigenvalue weighted by atomic mass is 10.0. The van der Waals surface area contributed by atoms with Gasteiger partial charge in [0.2, 0.25) is 5.91 Å². The predicted molar refractivity (Wildman–Crippen MR) is 98.6 cm³/mol. The quantitative estimate of drug-likeness (QED) is 0.826. The van der Waals surface area contributed by atoms with E-state index < -0.39 is 0 Å². The van der Waals surface area contributed by atoms with Gasteiger partial charge in [-0.15, -0.1) is 0 Å². The van der Waals surface area contributed by atoms with Gasteiger partial charge < -0.3 is 9.64 Å². The van der Waals surface area contributed by atoms with Crippen molar-refractivity contribution < 1.29 is 9.53 Å². The van der Waals surface area contributed by atoms with E-state index in [0.717, 1.165) is 63.5 Å². The number of fused-ring (bicyclic) bond motifs is 1. The van der Waals surface area contributed by atoms with Crippen molar-refractivity contribution in [2.45, 2.75) is 31.7 Å². The molecule has 0 saturated carbocycles. The van der Waals surface area contributed by atoms with Gasteiger partial charge in [0.05, 0.1) is 24.5 Å². The standard InChI is InChI=1S/C20H24N4O2/c25-20-2-1-7-23(20)17-11-21-24(14-17)18-12-22(13-18)8-5-15-3-4-19-16(10-15)6-9-26-19/h3-4,10-11,14,18H,1-2,5-9,12-13H2. The topological polar surface area (TPSA) is 50.6 Å². The van der Waals surface area contributed by atoms with Gasteiger partial charge in [0.25, 0.3) is 0 Å². The summed E-state index contributed by atoms with van der Waals surface area (Å²) in [6, 6.07) is 7.03. The Morgan fingerprint density at radius 3 is 3.00 bits per heavy atom. The molecular formula is C20H24N4O2. The minimum Gasteiger partial charge on any atom is -0.493 e. The first-order valence-corrected chi connectivity index (χ1v) is 9.58. The Hall–Kier alpha value is -2.34. The van der Waals surface area contributed by atoms with Gasteiger partial charge in [-0.05, 0) is 30.0 Å². The highest BCUT2D eigenvalue weighted by Crippen LogP contribution is 2.28. The van der Waals surface area contributed by atoms with E-state index in [1.165, 1.54) is 11.1 Å². The van der Waals surface area contributed by atoms with Gasteiger partial charge in [-0.2, -0.15) is 5.10 Å². The van der Waals surface area contributed by atoms with E-state index in [1.54, 1.807) is 0 Å². The summed E-state index contributed by atoms with van der Waals surface area (Å²) in [7, 11) is 0. The molecule has 1 aromatic heterocycles. The Labute approximate surface area is 153 Å². The minimum absolute atomic E-state index is 0.222. The maximum atomic E-state index is 11.9. The summed E-state index contributed by atoms with van der Waals surface area (Å²) in [5.41, 5.74) is 3.70. The largest absolute Gasteiger partial charge is 0.493 e. The summed E-state index contributed by atoms with van der Waals surface area (Å²) in [6.07, 6.45) is 7.60. The van der Waals surface area contributed by atoms with Gasteiger partial charge in [-0.1, -0.05) is 12.1 Å². The molecule has 1 aromatic carbocycles. The molecule has 0 N–H and O–H groups in total. The van der Waals surface area contributed by atoms with Crippen molar-refractivity contribution in [2.75, 3.05) is 37.7 Å². The van der Waals surface area contributed by atoms with Gasteiger partial charge in [0, 0.05) is 45.2 Å². The zero-order valence-corrected chi connectivity index (χ0v) is 14.9. The molecule has 3 aliphatic heterocycles. The zero-order chi connectivity index (χ0) is 17.5. The Morgan fingerprint density at radius 2 is 2.15 bits per heavy atom. The van der Waals surface area contributed by atoms with E-state index in [9.17, 15) is 4.79 Å². The molecule has 0 unspecified atom stereocenters. The Bertz CT molecular complexity index is 825. The number of benzene rings is 1. The van der Waals surface area contributed by atoms with E-state index >= 15 is 0 Å². The molecule has 0 spiro atoms. The van der Waals surface area contributed by atoms with E-state index in [1.807, 2.05) is 22.0 Å². The molecule has 6 heteroatoms. The fourth-order valence-electron chi connectivity index (χ4n) is 4.16. The second kappa shape index (κ2) is 6.43. The van der Waals surface area contributed by atoms with Crippen molar-refractivity contribution in [1.82, 2.24) is 14.7 Å². The molecule has 6 nitrogen and oxygen atoms in total. The van der Waals surface area contributed by atoms with E-state index in [-0.39, 0.29) is 5.91 Å². The van der Waals surface area contributed by atoms with Crippen molar-refractivity contribution in [3.63, 3.8) is 0 Å². The second-order valence-electron chi connectivity index (χ2n) is 7.53. The number of hydrogen-bond acceptors (Lipinski definition) is 4. The van der Waals surface area contributed by atoms with Crippen LogP contribution in [0, 0.1) is 0 Å². The van der Waals surface area contributed by atoms with E-state index in [2.05, 4.69) is 28.2 Å². The lowest BCUT2D eigenvalue weighted by Crippen LogP contribution is -2.48. The molecule has 0 aliphatic carbocycles. The van der Waals surface area contributed by atoms with E-state index in [0.29, 0.717) is 12.5 Å². The van der Waals surface area contributed by atoms with E-state index in [4.69, 9.17) is 4.74 Å². The summed E-state index contributed by atoms with van der Waals surface area (Å²) in [4.78, 5) is 16.2. The number of carbonyl (C=O) groups excluding carboxylic acids is 1. The van der Waals surface area contributed by atoms with Crippen LogP contribution in [0.3, 0.4) is 0 Å². The molecule has 3 aliphatic rings. The number of ether oxygens (including phenoxy) is 1. The summed E-state index contributed by atoms with van der Waals surface area (Å²) in [6.45, 7) is 4.79. The van der Waals surface area contributed by atoms with Crippen molar-refractivity contribution in [3.05, 3.63) is 41.7 Å². The van der Waals surface area contributed by atoms with Gasteiger partial charge in [-0.3, -0.25) is 14.4 Å². The Balaban J connectivity index is 1.13. The molecule has 136 valence electrons. The summed E-state index contributed by atoms with van der Waals surface area (Å²) < 4.78 is 7.61. The van der Waals surface area contributed by atoms with Crippen molar-refractivity contribution in [2.24, 2.45) is 0 Å². The number of aromatic nitrogens is 2. The third-order valence-corrected chi connectivity index (χ3v) is 5.76. The average Bonchev–Trinajstić information content (AvgIpc) is 3.33. The zero-order valence-electron chi connectivity index (χ0n) is 14.9. The molecular weight excluding hydrogens is 328 g/mol. The molecule has 26 heavy (non-hydrogen) atoms. The summed E-state index contributed by atoms with van der Waals surface area (Å²) in [5.74, 6) is 1.28. The summed E-state index contributed by atoms with van der Waals surface area (Å²) >= 11 is 0. The number of amides is 1. The Morgan fingerprint density at radius 1 is 1.23 bits per heavy atom. The first kappa shape index (κ1) is 15.9. The second-order valence-corrected chi connectivity index (χ2v) is 7.53. The first-order valence-electron chi connectivity index (χ1n) is 9.58. The SMILES string of the molecule is O=C1CCCN1c1cnn(C2CN(CCc3ccc4c(c3)CCO4)C2)c1. The molecule has 1 amide bonds. The molecule has 2 aromatic rings. The van der Waals surface area contributed by atoms with Gasteiger partial charge in [0.1, 0.15) is 5.75 Å². The lowest BCUT2D eigenvalue weighted by molar-refractivity contribution is -0.117. The van der Waals surface area contributed by atoms with Crippen LogP contribution in [0.5, 0.6) is 5.75 Å². The molecule has 0 radical (unpaired) electrons. The van der Waals surface area contributed by atoms with Crippen molar-refractivity contribution >= 4 is 11.6 Å². The third-order valence-electron chi connectivity index (χ3n) is 5.76. The van der Waals surface area contributed by atoms with Gasteiger partial charge >= 0.3 is 0 Å². The van der Waals surface area contributed by atoms with Gasteiger partial charge in [-0.25, -0.2) is 0 Å². The van der Waals surface area contributed by atoms with Crippen LogP contribution < -0.4 is 9.64 Å². The van der Waals surface area contributed by atoms with Crippen molar-refractivity contribution in [1.29, 1.82) is 0 Å². The normalized spacial score (nSPS) is 20.3. The van der Waals surface area contributed by atoms with Crippen LogP contribution in [-0.2, 0) is 17.6 Å². The van der Waals surface area contributed by atoms with Crippen LogP contribution >= 0.6 is 0 Å². The molecule has 0 atom stereocenters. The highest BCUT2D eigenvalue weighted by Gasteiger charge is 2.30. The summed E-state index contributed by atoms with van der Waals surface area (Å²) in [5, 5.41) is 4.49. The maximum absolute atomic E-state index is 11.9. The van der Waals surface area contributed by atoms with Crippen LogP contribution in [-0.4, -0.2) is 53.4 Å².